The molecule has 0 aromatic carbocycles. The Morgan fingerprint density at radius 2 is 1.89 bits per heavy atom. The van der Waals surface area contributed by atoms with E-state index < -0.39 is 6.23 Å². The van der Waals surface area contributed by atoms with E-state index in [1.54, 1.807) is 10.9 Å². The van der Waals surface area contributed by atoms with Gasteiger partial charge >= 0.3 is 5.97 Å². The van der Waals surface area contributed by atoms with Gasteiger partial charge in [0.15, 0.2) is 17.4 Å². The van der Waals surface area contributed by atoms with E-state index in [1.165, 1.54) is 6.92 Å². The highest BCUT2D eigenvalue weighted by Crippen LogP contribution is 2.26. The summed E-state index contributed by atoms with van der Waals surface area (Å²) in [7, 11) is 0. The van der Waals surface area contributed by atoms with Crippen LogP contribution >= 0.6 is 0 Å². The molecule has 2 heterocycles. The predicted octanol–water partition coefficient (Wildman–Crippen LogP) is 1.70. The molecule has 0 saturated heterocycles. The maximum atomic E-state index is 10.9. The van der Waals surface area contributed by atoms with Crippen molar-refractivity contribution >= 4 is 23.1 Å². The lowest BCUT2D eigenvalue weighted by atomic mass is 10.4. The van der Waals surface area contributed by atoms with Crippen LogP contribution in [0.4, 0.5) is 5.95 Å². The first-order chi connectivity index (χ1) is 12.8. The van der Waals surface area contributed by atoms with Crippen LogP contribution in [0.1, 0.15) is 40.8 Å². The van der Waals surface area contributed by atoms with E-state index in [4.69, 9.17) is 24.7 Å². The van der Waals surface area contributed by atoms with Crippen molar-refractivity contribution in [1.82, 2.24) is 19.5 Å². The van der Waals surface area contributed by atoms with Crippen molar-refractivity contribution < 1.29 is 23.7 Å². The molecule has 10 nitrogen and oxygen atoms in total. The monoisotopic (exact) mass is 381 g/mol. The highest BCUT2D eigenvalue weighted by atomic mass is 16.6. The molecule has 1 unspecified atom stereocenters. The number of rotatable bonds is 10. The van der Waals surface area contributed by atoms with Gasteiger partial charge in [-0.25, -0.2) is 4.98 Å². The number of esters is 1. The van der Waals surface area contributed by atoms with Gasteiger partial charge in [-0.15, -0.1) is 0 Å². The van der Waals surface area contributed by atoms with Gasteiger partial charge in [-0.2, -0.15) is 9.97 Å². The van der Waals surface area contributed by atoms with Gasteiger partial charge < -0.3 is 24.7 Å². The lowest BCUT2D eigenvalue weighted by Crippen LogP contribution is -2.23. The Hall–Kier alpha value is -2.46. The van der Waals surface area contributed by atoms with Crippen LogP contribution in [0.2, 0.25) is 0 Å². The molecule has 0 aliphatic rings. The number of carbonyl (C=O) groups is 1. The van der Waals surface area contributed by atoms with Gasteiger partial charge in [0, 0.05) is 6.92 Å². The Bertz CT molecular complexity index is 761. The molecule has 2 aromatic heterocycles. The van der Waals surface area contributed by atoms with Gasteiger partial charge in [-0.3, -0.25) is 9.36 Å². The fourth-order valence-electron chi connectivity index (χ4n) is 2.28. The first kappa shape index (κ1) is 20.8. The van der Waals surface area contributed by atoms with Crippen LogP contribution in [0.3, 0.4) is 0 Å². The molecule has 10 heteroatoms. The number of ether oxygens (including phenoxy) is 4. The molecular weight excluding hydrogens is 354 g/mol. The van der Waals surface area contributed by atoms with Crippen molar-refractivity contribution in [3.8, 4) is 5.88 Å². The van der Waals surface area contributed by atoms with Crippen LogP contribution in [0.5, 0.6) is 5.88 Å². The number of aromatic nitrogens is 4. The molecular formula is C17H27N5O5. The van der Waals surface area contributed by atoms with Crippen molar-refractivity contribution in [1.29, 1.82) is 0 Å². The van der Waals surface area contributed by atoms with Gasteiger partial charge in [0.2, 0.25) is 11.8 Å². The Morgan fingerprint density at radius 1 is 1.15 bits per heavy atom. The van der Waals surface area contributed by atoms with Gasteiger partial charge in [0.25, 0.3) is 0 Å². The second kappa shape index (κ2) is 9.47. The third-order valence-corrected chi connectivity index (χ3v) is 3.34. The number of hydrogen-bond donors (Lipinski definition) is 1. The smallest absolute Gasteiger partial charge is 0.302 e. The number of nitrogen functional groups attached to an aromatic ring is 1. The molecule has 2 N–H and O–H groups in total. The zero-order valence-corrected chi connectivity index (χ0v) is 16.3. The summed E-state index contributed by atoms with van der Waals surface area (Å²) < 4.78 is 23.8. The summed E-state index contributed by atoms with van der Waals surface area (Å²) in [6.45, 7) is 9.57. The first-order valence-corrected chi connectivity index (χ1v) is 8.81. The molecule has 0 fully saturated rings. The quantitative estimate of drug-likeness (QED) is 0.483. The lowest BCUT2D eigenvalue weighted by molar-refractivity contribution is -0.145. The normalized spacial score (nSPS) is 12.7. The largest absolute Gasteiger partial charge is 0.473 e. The molecule has 0 bridgehead atoms. The van der Waals surface area contributed by atoms with Crippen LogP contribution in [0, 0.1) is 0 Å². The molecule has 2 rings (SSSR count). The maximum Gasteiger partial charge on any atom is 0.302 e. The van der Waals surface area contributed by atoms with E-state index in [9.17, 15) is 4.79 Å². The van der Waals surface area contributed by atoms with E-state index in [2.05, 4.69) is 15.0 Å². The molecule has 1 atom stereocenters. The summed E-state index contributed by atoms with van der Waals surface area (Å²) in [4.78, 5) is 23.7. The molecule has 0 amide bonds. The SMILES string of the molecule is CC(=O)OCCOC(COC(C)C)n1cnc2c(OC(C)C)nc(N)nc21. The molecule has 0 aliphatic heterocycles. The Labute approximate surface area is 158 Å². The van der Waals surface area contributed by atoms with Gasteiger partial charge in [-0.1, -0.05) is 0 Å². The number of carbonyl (C=O) groups excluding carboxylic acids is 1. The predicted molar refractivity (Wildman–Crippen MR) is 98.2 cm³/mol. The molecule has 0 saturated carbocycles. The number of imidazole rings is 1. The first-order valence-electron chi connectivity index (χ1n) is 8.81. The number of anilines is 1. The van der Waals surface area contributed by atoms with Crippen molar-refractivity contribution in [3.05, 3.63) is 6.33 Å². The third kappa shape index (κ3) is 6.04. The van der Waals surface area contributed by atoms with Crippen molar-refractivity contribution in [2.24, 2.45) is 0 Å². The minimum Gasteiger partial charge on any atom is -0.473 e. The van der Waals surface area contributed by atoms with E-state index >= 15 is 0 Å². The van der Waals surface area contributed by atoms with Crippen LogP contribution in [-0.2, 0) is 19.0 Å². The lowest BCUT2D eigenvalue weighted by Gasteiger charge is -2.21. The van der Waals surface area contributed by atoms with Crippen molar-refractivity contribution in [3.63, 3.8) is 0 Å². The topological polar surface area (TPSA) is 124 Å². The molecule has 27 heavy (non-hydrogen) atoms. The molecule has 0 spiro atoms. The van der Waals surface area contributed by atoms with Crippen molar-refractivity contribution in [2.75, 3.05) is 25.6 Å². The van der Waals surface area contributed by atoms with Crippen LogP contribution in [0.15, 0.2) is 6.33 Å². The minimum absolute atomic E-state index is 0.0129. The second-order valence-electron chi connectivity index (χ2n) is 6.43. The standard InChI is InChI=1S/C17H27N5O5/c1-10(2)26-8-13(25-7-6-24-12(5)23)22-9-19-14-15(22)20-17(18)21-16(14)27-11(3)4/h9-11,13H,6-8H2,1-5H3,(H2,18,20,21). The number of nitrogens with zero attached hydrogens (tertiary/aromatic N) is 4. The van der Waals surface area contributed by atoms with E-state index in [-0.39, 0.29) is 43.9 Å². The highest BCUT2D eigenvalue weighted by molar-refractivity contribution is 5.77. The fraction of sp³-hybridized carbons (Fsp3) is 0.647. The van der Waals surface area contributed by atoms with Gasteiger partial charge in [0.1, 0.15) is 6.61 Å². The Kier molecular flexibility index (Phi) is 7.31. The van der Waals surface area contributed by atoms with Crippen LogP contribution < -0.4 is 10.5 Å². The number of fused-ring (bicyclic) bond motifs is 1. The zero-order valence-electron chi connectivity index (χ0n) is 16.3. The van der Waals surface area contributed by atoms with Crippen molar-refractivity contribution in [2.45, 2.75) is 53.1 Å². The van der Waals surface area contributed by atoms with Crippen LogP contribution in [-0.4, -0.2) is 57.5 Å². The number of nitrogens with two attached hydrogens (primary N) is 1. The van der Waals surface area contributed by atoms with Gasteiger partial charge in [-0.05, 0) is 27.7 Å². The zero-order chi connectivity index (χ0) is 20.0. The van der Waals surface area contributed by atoms with E-state index in [0.717, 1.165) is 0 Å². The average molecular weight is 381 g/mol. The summed E-state index contributed by atoms with van der Waals surface area (Å²) in [6.07, 6.45) is 0.965. The Balaban J connectivity index is 2.28. The summed E-state index contributed by atoms with van der Waals surface area (Å²) in [6, 6.07) is 0. The summed E-state index contributed by atoms with van der Waals surface area (Å²) >= 11 is 0. The third-order valence-electron chi connectivity index (χ3n) is 3.34. The molecule has 0 aliphatic carbocycles. The Morgan fingerprint density at radius 3 is 2.52 bits per heavy atom. The van der Waals surface area contributed by atoms with E-state index in [1.807, 2.05) is 27.7 Å². The highest BCUT2D eigenvalue weighted by Gasteiger charge is 2.21. The summed E-state index contributed by atoms with van der Waals surface area (Å²) in [5, 5.41) is 0. The van der Waals surface area contributed by atoms with E-state index in [0.29, 0.717) is 17.0 Å². The minimum atomic E-state index is -0.533. The molecule has 150 valence electrons. The average Bonchev–Trinajstić information content (AvgIpc) is 2.97. The molecule has 2 aromatic rings. The fourth-order valence-corrected chi connectivity index (χ4v) is 2.28. The second-order valence-corrected chi connectivity index (χ2v) is 6.43. The number of hydrogen-bond acceptors (Lipinski definition) is 9. The van der Waals surface area contributed by atoms with Crippen LogP contribution in [0.25, 0.3) is 11.2 Å². The summed E-state index contributed by atoms with van der Waals surface area (Å²) in [5.41, 5.74) is 6.79. The summed E-state index contributed by atoms with van der Waals surface area (Å²) in [5.74, 6) is 0.0238. The van der Waals surface area contributed by atoms with Gasteiger partial charge in [0.05, 0.1) is 31.7 Å². The maximum absolute atomic E-state index is 10.9. The molecule has 0 radical (unpaired) electrons.